The summed E-state index contributed by atoms with van der Waals surface area (Å²) in [7, 11) is 2.22. The van der Waals surface area contributed by atoms with Gasteiger partial charge in [0.25, 0.3) is 0 Å². The normalized spacial score (nSPS) is 27.9. The lowest BCUT2D eigenvalue weighted by atomic mass is 9.95. The first kappa shape index (κ1) is 11.8. The number of aliphatic imine (C=N–C) groups is 1. The van der Waals surface area contributed by atoms with Gasteiger partial charge in [-0.15, -0.1) is 0 Å². The Labute approximate surface area is 105 Å². The van der Waals surface area contributed by atoms with Crippen molar-refractivity contribution in [3.8, 4) is 0 Å². The second kappa shape index (κ2) is 5.58. The third-order valence-corrected chi connectivity index (χ3v) is 5.79. The van der Waals surface area contributed by atoms with E-state index in [1.165, 1.54) is 37.3 Å². The largest absolute Gasteiger partial charge is 0.352 e. The number of alkyl halides is 1. The molecule has 1 saturated carbocycles. The predicted octanol–water partition coefficient (Wildman–Crippen LogP) is 3.12. The molecule has 1 aliphatic heterocycles. The first-order valence-electron chi connectivity index (χ1n) is 5.81. The maximum Gasteiger partial charge on any atom is 0.159 e. The first-order chi connectivity index (χ1) is 7.31. The molecule has 15 heavy (non-hydrogen) atoms. The van der Waals surface area contributed by atoms with Crippen LogP contribution in [0.2, 0.25) is 0 Å². The minimum absolute atomic E-state index is 0.658. The average molecular weight is 291 g/mol. The highest BCUT2D eigenvalue weighted by Gasteiger charge is 2.26. The summed E-state index contributed by atoms with van der Waals surface area (Å²) >= 11 is 5.48. The van der Waals surface area contributed by atoms with E-state index in [1.54, 1.807) is 0 Å². The third-order valence-electron chi connectivity index (χ3n) is 3.30. The molecular weight excluding hydrogens is 272 g/mol. The fourth-order valence-corrected chi connectivity index (χ4v) is 3.88. The Balaban J connectivity index is 1.87. The minimum atomic E-state index is 0.658. The SMILES string of the molecule is CN(C1=NCC(CBr)S1)C1CCCCC1. The maximum absolute atomic E-state index is 4.64. The number of amidine groups is 1. The second-order valence-electron chi connectivity index (χ2n) is 4.42. The van der Waals surface area contributed by atoms with Crippen LogP contribution >= 0.6 is 27.7 Å². The zero-order chi connectivity index (χ0) is 10.7. The monoisotopic (exact) mass is 290 g/mol. The van der Waals surface area contributed by atoms with Gasteiger partial charge >= 0.3 is 0 Å². The molecule has 0 saturated heterocycles. The van der Waals surface area contributed by atoms with Gasteiger partial charge in [0, 0.05) is 23.7 Å². The minimum Gasteiger partial charge on any atom is -0.352 e. The van der Waals surface area contributed by atoms with Crippen molar-refractivity contribution >= 4 is 32.9 Å². The Morgan fingerprint density at radius 3 is 2.73 bits per heavy atom. The van der Waals surface area contributed by atoms with Gasteiger partial charge in [-0.25, -0.2) is 0 Å². The molecule has 2 rings (SSSR count). The topological polar surface area (TPSA) is 15.6 Å². The highest BCUT2D eigenvalue weighted by molar-refractivity contribution is 9.09. The molecule has 2 nitrogen and oxygen atoms in total. The van der Waals surface area contributed by atoms with E-state index in [4.69, 9.17) is 0 Å². The van der Waals surface area contributed by atoms with Crippen LogP contribution in [0.4, 0.5) is 0 Å². The molecular formula is C11H19BrN2S. The van der Waals surface area contributed by atoms with E-state index < -0.39 is 0 Å². The van der Waals surface area contributed by atoms with E-state index in [-0.39, 0.29) is 0 Å². The van der Waals surface area contributed by atoms with Gasteiger partial charge in [-0.1, -0.05) is 47.0 Å². The smallest absolute Gasteiger partial charge is 0.159 e. The van der Waals surface area contributed by atoms with Crippen LogP contribution in [-0.4, -0.2) is 40.3 Å². The highest BCUT2D eigenvalue weighted by Crippen LogP contribution is 2.29. The van der Waals surface area contributed by atoms with Crippen molar-refractivity contribution in [1.82, 2.24) is 4.90 Å². The van der Waals surface area contributed by atoms with Gasteiger partial charge in [0.2, 0.25) is 0 Å². The van der Waals surface area contributed by atoms with E-state index in [9.17, 15) is 0 Å². The summed E-state index contributed by atoms with van der Waals surface area (Å²) in [6.45, 7) is 0.988. The van der Waals surface area contributed by atoms with Crippen molar-refractivity contribution in [3.05, 3.63) is 0 Å². The average Bonchev–Trinajstić information content (AvgIpc) is 2.78. The van der Waals surface area contributed by atoms with Gasteiger partial charge in [-0.3, -0.25) is 4.99 Å². The van der Waals surface area contributed by atoms with Gasteiger partial charge in [0.05, 0.1) is 6.54 Å². The number of rotatable bonds is 2. The Bertz CT molecular complexity index is 239. The quantitative estimate of drug-likeness (QED) is 0.726. The van der Waals surface area contributed by atoms with Crippen LogP contribution in [0, 0.1) is 0 Å². The Hall–Kier alpha value is 0.300. The molecule has 0 N–H and O–H groups in total. The zero-order valence-electron chi connectivity index (χ0n) is 9.29. The second-order valence-corrected chi connectivity index (χ2v) is 6.34. The molecule has 1 atom stereocenters. The van der Waals surface area contributed by atoms with E-state index in [2.05, 4.69) is 32.9 Å². The summed E-state index contributed by atoms with van der Waals surface area (Å²) in [6, 6.07) is 0.749. The molecule has 0 radical (unpaired) electrons. The van der Waals surface area contributed by atoms with Crippen LogP contribution in [0.3, 0.4) is 0 Å². The predicted molar refractivity (Wildman–Crippen MR) is 72.1 cm³/mol. The Morgan fingerprint density at radius 2 is 2.13 bits per heavy atom. The number of nitrogens with zero attached hydrogens (tertiary/aromatic N) is 2. The molecule has 1 aliphatic carbocycles. The number of thioether (sulfide) groups is 1. The highest BCUT2D eigenvalue weighted by atomic mass is 79.9. The summed E-state index contributed by atoms with van der Waals surface area (Å²) in [5.74, 6) is 0. The Kier molecular flexibility index (Phi) is 4.38. The molecule has 4 heteroatoms. The molecule has 0 bridgehead atoms. The molecule has 1 unspecified atom stereocenters. The van der Waals surface area contributed by atoms with Crippen molar-refractivity contribution in [3.63, 3.8) is 0 Å². The van der Waals surface area contributed by atoms with E-state index in [0.717, 1.165) is 17.9 Å². The molecule has 1 heterocycles. The van der Waals surface area contributed by atoms with Gasteiger partial charge in [0.1, 0.15) is 0 Å². The first-order valence-corrected chi connectivity index (χ1v) is 7.81. The van der Waals surface area contributed by atoms with Crippen LogP contribution in [-0.2, 0) is 0 Å². The van der Waals surface area contributed by atoms with Crippen molar-refractivity contribution in [2.24, 2.45) is 4.99 Å². The lowest BCUT2D eigenvalue weighted by Crippen LogP contribution is -2.36. The molecule has 0 spiro atoms. The van der Waals surface area contributed by atoms with Crippen molar-refractivity contribution in [2.75, 3.05) is 18.9 Å². The summed E-state index contributed by atoms with van der Waals surface area (Å²) < 4.78 is 0. The maximum atomic E-state index is 4.64. The van der Waals surface area contributed by atoms with Crippen LogP contribution in [0.15, 0.2) is 4.99 Å². The van der Waals surface area contributed by atoms with E-state index in [0.29, 0.717) is 5.25 Å². The van der Waals surface area contributed by atoms with Gasteiger partial charge in [-0.05, 0) is 12.8 Å². The molecule has 86 valence electrons. The fraction of sp³-hybridized carbons (Fsp3) is 0.909. The van der Waals surface area contributed by atoms with Crippen molar-refractivity contribution in [2.45, 2.75) is 43.4 Å². The lowest BCUT2D eigenvalue weighted by Gasteiger charge is -2.32. The fourth-order valence-electron chi connectivity index (χ4n) is 2.30. The van der Waals surface area contributed by atoms with Gasteiger partial charge in [0.15, 0.2) is 5.17 Å². The molecule has 0 aromatic rings. The van der Waals surface area contributed by atoms with Gasteiger partial charge in [-0.2, -0.15) is 0 Å². The number of hydrogen-bond donors (Lipinski definition) is 0. The van der Waals surface area contributed by atoms with Crippen LogP contribution in [0.25, 0.3) is 0 Å². The molecule has 1 fully saturated rings. The summed E-state index contributed by atoms with van der Waals surface area (Å²) in [5, 5.41) is 2.99. The molecule has 2 aliphatic rings. The number of halogens is 1. The summed E-state index contributed by atoms with van der Waals surface area (Å²) in [6.07, 6.45) is 6.93. The van der Waals surface area contributed by atoms with Crippen molar-refractivity contribution < 1.29 is 0 Å². The van der Waals surface area contributed by atoms with E-state index in [1.807, 2.05) is 11.8 Å². The zero-order valence-corrected chi connectivity index (χ0v) is 11.7. The summed E-state index contributed by atoms with van der Waals surface area (Å²) in [4.78, 5) is 7.06. The summed E-state index contributed by atoms with van der Waals surface area (Å²) in [5.41, 5.74) is 0. The van der Waals surface area contributed by atoms with Crippen LogP contribution in [0.1, 0.15) is 32.1 Å². The number of hydrogen-bond acceptors (Lipinski definition) is 3. The molecule has 0 amide bonds. The van der Waals surface area contributed by atoms with Crippen molar-refractivity contribution in [1.29, 1.82) is 0 Å². The standard InChI is InChI=1S/C11H19BrN2S/c1-14(9-5-3-2-4-6-9)11-13-8-10(7-12)15-11/h9-10H,2-8H2,1H3. The van der Waals surface area contributed by atoms with Crippen LogP contribution in [0.5, 0.6) is 0 Å². The molecule has 0 aromatic heterocycles. The van der Waals surface area contributed by atoms with Gasteiger partial charge < -0.3 is 4.90 Å². The lowest BCUT2D eigenvalue weighted by molar-refractivity contribution is 0.282. The molecule has 0 aromatic carbocycles. The third kappa shape index (κ3) is 2.90. The Morgan fingerprint density at radius 1 is 1.40 bits per heavy atom. The van der Waals surface area contributed by atoms with E-state index >= 15 is 0 Å². The van der Waals surface area contributed by atoms with Crippen LogP contribution < -0.4 is 0 Å².